The summed E-state index contributed by atoms with van der Waals surface area (Å²) in [6.07, 6.45) is 2.60. The minimum absolute atomic E-state index is 0.0131. The molecule has 0 saturated carbocycles. The molecule has 0 radical (unpaired) electrons. The first-order valence-electron chi connectivity index (χ1n) is 8.95. The van der Waals surface area contributed by atoms with Gasteiger partial charge in [-0.3, -0.25) is 9.36 Å². The molecular weight excluding hydrogens is 364 g/mol. The average Bonchev–Trinajstić information content (AvgIpc) is 2.69. The van der Waals surface area contributed by atoms with E-state index in [4.69, 9.17) is 11.6 Å². The van der Waals surface area contributed by atoms with Crippen LogP contribution in [0, 0.1) is 5.92 Å². The Morgan fingerprint density at radius 1 is 1.30 bits per heavy atom. The van der Waals surface area contributed by atoms with Crippen molar-refractivity contribution in [3.63, 3.8) is 0 Å². The van der Waals surface area contributed by atoms with Gasteiger partial charge in [-0.25, -0.2) is 4.98 Å². The molecule has 0 fully saturated rings. The van der Waals surface area contributed by atoms with Gasteiger partial charge in [0.25, 0.3) is 5.56 Å². The lowest BCUT2D eigenvalue weighted by Gasteiger charge is -2.22. The molecule has 0 aliphatic carbocycles. The van der Waals surface area contributed by atoms with Crippen LogP contribution in [0.25, 0.3) is 22.2 Å². The minimum atomic E-state index is -0.180. The molecule has 0 saturated heterocycles. The van der Waals surface area contributed by atoms with Crippen molar-refractivity contribution in [3.8, 4) is 11.1 Å². The second-order valence-electron chi connectivity index (χ2n) is 6.69. The number of aryl methyl sites for hydroxylation is 1. The Labute approximate surface area is 162 Å². The first kappa shape index (κ1) is 19.3. The topological polar surface area (TPSA) is 80.0 Å². The zero-order chi connectivity index (χ0) is 19.6. The second-order valence-corrected chi connectivity index (χ2v) is 7.10. The highest BCUT2D eigenvalue weighted by molar-refractivity contribution is 6.33. The van der Waals surface area contributed by atoms with E-state index in [0.717, 1.165) is 11.8 Å². The van der Waals surface area contributed by atoms with E-state index >= 15 is 0 Å². The molecule has 2 N–H and O–H groups in total. The SMILES string of the molecule is CC[C@@H](C)[C@@H](CO)Nc1ncc2cc(-c3ccccc3Cl)c(=O)n(C)c2n1. The molecule has 2 atom stereocenters. The number of halogens is 1. The fourth-order valence-corrected chi connectivity index (χ4v) is 3.24. The highest BCUT2D eigenvalue weighted by atomic mass is 35.5. The number of aromatic nitrogens is 3. The summed E-state index contributed by atoms with van der Waals surface area (Å²) in [7, 11) is 1.68. The number of aliphatic hydroxyl groups excluding tert-OH is 1. The summed E-state index contributed by atoms with van der Waals surface area (Å²) in [5, 5.41) is 14.0. The van der Waals surface area contributed by atoms with Crippen LogP contribution in [0.1, 0.15) is 20.3 Å². The van der Waals surface area contributed by atoms with Crippen molar-refractivity contribution in [1.29, 1.82) is 0 Å². The van der Waals surface area contributed by atoms with Crippen LogP contribution < -0.4 is 10.9 Å². The third-order valence-electron chi connectivity index (χ3n) is 4.95. The maximum Gasteiger partial charge on any atom is 0.259 e. The first-order chi connectivity index (χ1) is 13.0. The van der Waals surface area contributed by atoms with Gasteiger partial charge in [-0.2, -0.15) is 4.98 Å². The number of rotatable bonds is 6. The van der Waals surface area contributed by atoms with Gasteiger partial charge >= 0.3 is 0 Å². The van der Waals surface area contributed by atoms with Crippen LogP contribution in [0.5, 0.6) is 0 Å². The van der Waals surface area contributed by atoms with Crippen LogP contribution in [0.4, 0.5) is 5.95 Å². The number of hydrogen-bond acceptors (Lipinski definition) is 5. The fourth-order valence-electron chi connectivity index (χ4n) is 3.01. The van der Waals surface area contributed by atoms with E-state index in [2.05, 4.69) is 29.1 Å². The lowest BCUT2D eigenvalue weighted by molar-refractivity contribution is 0.240. The van der Waals surface area contributed by atoms with E-state index in [1.165, 1.54) is 4.57 Å². The number of nitrogens with one attached hydrogen (secondary N) is 1. The molecular formula is C20H23ClN4O2. The quantitative estimate of drug-likeness (QED) is 0.678. The Hall–Kier alpha value is -2.44. The third kappa shape index (κ3) is 3.82. The molecule has 3 aromatic rings. The Balaban J connectivity index is 2.07. The first-order valence-corrected chi connectivity index (χ1v) is 9.33. The van der Waals surface area contributed by atoms with Crippen LogP contribution in [-0.2, 0) is 7.05 Å². The van der Waals surface area contributed by atoms with Gasteiger partial charge in [0.2, 0.25) is 5.95 Å². The molecule has 0 unspecified atom stereocenters. The summed E-state index contributed by atoms with van der Waals surface area (Å²) in [5.74, 6) is 0.656. The second kappa shape index (κ2) is 8.06. The van der Waals surface area contributed by atoms with E-state index in [0.29, 0.717) is 27.7 Å². The molecule has 0 aliphatic heterocycles. The number of nitrogens with zero attached hydrogens (tertiary/aromatic N) is 3. The molecule has 7 heteroatoms. The molecule has 3 rings (SSSR count). The summed E-state index contributed by atoms with van der Waals surface area (Å²) in [5.41, 5.74) is 1.53. The molecule has 0 bridgehead atoms. The fraction of sp³-hybridized carbons (Fsp3) is 0.350. The molecule has 2 heterocycles. The van der Waals surface area contributed by atoms with Crippen LogP contribution in [0.15, 0.2) is 41.3 Å². The zero-order valence-corrected chi connectivity index (χ0v) is 16.4. The number of fused-ring (bicyclic) bond motifs is 1. The van der Waals surface area contributed by atoms with E-state index in [9.17, 15) is 9.90 Å². The third-order valence-corrected chi connectivity index (χ3v) is 5.28. The minimum Gasteiger partial charge on any atom is -0.394 e. The van der Waals surface area contributed by atoms with Gasteiger partial charge in [0.15, 0.2) is 0 Å². The largest absolute Gasteiger partial charge is 0.394 e. The molecule has 0 aliphatic rings. The predicted octanol–water partition coefficient (Wildman–Crippen LogP) is 3.47. The van der Waals surface area contributed by atoms with Gasteiger partial charge in [-0.15, -0.1) is 0 Å². The van der Waals surface area contributed by atoms with Crippen molar-refractivity contribution < 1.29 is 5.11 Å². The Morgan fingerprint density at radius 3 is 2.70 bits per heavy atom. The molecule has 27 heavy (non-hydrogen) atoms. The van der Waals surface area contributed by atoms with E-state index in [1.807, 2.05) is 18.2 Å². The van der Waals surface area contributed by atoms with Gasteiger partial charge in [0.05, 0.1) is 12.6 Å². The molecule has 1 aromatic carbocycles. The van der Waals surface area contributed by atoms with Gasteiger partial charge in [0, 0.05) is 34.8 Å². The van der Waals surface area contributed by atoms with E-state index in [1.54, 1.807) is 25.4 Å². The number of hydrogen-bond donors (Lipinski definition) is 2. The maximum atomic E-state index is 12.9. The van der Waals surface area contributed by atoms with Crippen LogP contribution >= 0.6 is 11.6 Å². The predicted molar refractivity (Wildman–Crippen MR) is 109 cm³/mol. The van der Waals surface area contributed by atoms with Crippen molar-refractivity contribution in [2.24, 2.45) is 13.0 Å². The molecule has 2 aromatic heterocycles. The summed E-state index contributed by atoms with van der Waals surface area (Å²) in [4.78, 5) is 21.7. The Bertz CT molecular complexity index is 1020. The van der Waals surface area contributed by atoms with Crippen molar-refractivity contribution in [2.75, 3.05) is 11.9 Å². The van der Waals surface area contributed by atoms with E-state index in [-0.39, 0.29) is 24.1 Å². The number of aliphatic hydroxyl groups is 1. The Kier molecular flexibility index (Phi) is 5.77. The van der Waals surface area contributed by atoms with Crippen molar-refractivity contribution in [2.45, 2.75) is 26.3 Å². The highest BCUT2D eigenvalue weighted by Gasteiger charge is 2.17. The zero-order valence-electron chi connectivity index (χ0n) is 15.6. The van der Waals surface area contributed by atoms with Crippen LogP contribution in [0.2, 0.25) is 5.02 Å². The summed E-state index contributed by atoms with van der Waals surface area (Å²) >= 11 is 6.26. The molecule has 6 nitrogen and oxygen atoms in total. The average molecular weight is 387 g/mol. The van der Waals surface area contributed by atoms with Gasteiger partial charge in [-0.05, 0) is 18.1 Å². The monoisotopic (exact) mass is 386 g/mol. The molecule has 0 spiro atoms. The molecule has 142 valence electrons. The van der Waals surface area contributed by atoms with Crippen molar-refractivity contribution >= 4 is 28.6 Å². The highest BCUT2D eigenvalue weighted by Crippen LogP contribution is 2.27. The summed E-state index contributed by atoms with van der Waals surface area (Å²) in [6, 6.07) is 8.87. The van der Waals surface area contributed by atoms with Gasteiger partial charge < -0.3 is 10.4 Å². The lowest BCUT2D eigenvalue weighted by Crippen LogP contribution is -2.31. The standard InChI is InChI=1S/C20H23ClN4O2/c1-4-12(2)17(11-26)23-20-22-10-13-9-15(14-7-5-6-8-16(14)21)19(27)25(3)18(13)24-20/h5-10,12,17,26H,4,11H2,1-3H3,(H,22,23,24)/t12-,17-/m1/s1. The van der Waals surface area contributed by atoms with Crippen molar-refractivity contribution in [3.05, 3.63) is 51.9 Å². The number of benzene rings is 1. The van der Waals surface area contributed by atoms with Gasteiger partial charge in [0.1, 0.15) is 5.65 Å². The Morgan fingerprint density at radius 2 is 2.04 bits per heavy atom. The van der Waals surface area contributed by atoms with Crippen LogP contribution in [0.3, 0.4) is 0 Å². The van der Waals surface area contributed by atoms with Crippen molar-refractivity contribution in [1.82, 2.24) is 14.5 Å². The van der Waals surface area contributed by atoms with Crippen LogP contribution in [-0.4, -0.2) is 32.3 Å². The smallest absolute Gasteiger partial charge is 0.259 e. The summed E-state index contributed by atoms with van der Waals surface area (Å²) < 4.78 is 1.50. The van der Waals surface area contributed by atoms with E-state index < -0.39 is 0 Å². The number of pyridine rings is 1. The molecule has 0 amide bonds. The van der Waals surface area contributed by atoms with Gasteiger partial charge in [-0.1, -0.05) is 50.1 Å². The summed E-state index contributed by atoms with van der Waals surface area (Å²) in [6.45, 7) is 4.11. The number of anilines is 1. The maximum absolute atomic E-state index is 12.9. The normalized spacial score (nSPS) is 13.5. The lowest BCUT2D eigenvalue weighted by atomic mass is 10.0.